The zero-order chi connectivity index (χ0) is 13.7. The number of aromatic carboxylic acids is 1. The molecule has 0 unspecified atom stereocenters. The minimum atomic E-state index is -1.29. The summed E-state index contributed by atoms with van der Waals surface area (Å²) in [4.78, 5) is 32.7. The zero-order valence-electron chi connectivity index (χ0n) is 9.67. The van der Waals surface area contributed by atoms with Gasteiger partial charge < -0.3 is 14.9 Å². The maximum absolute atomic E-state index is 11.5. The van der Waals surface area contributed by atoms with Crippen LogP contribution < -0.4 is 0 Å². The van der Waals surface area contributed by atoms with E-state index in [1.54, 1.807) is 0 Å². The smallest absolute Gasteiger partial charge is 0.339 e. The highest BCUT2D eigenvalue weighted by atomic mass is 16.5. The summed E-state index contributed by atoms with van der Waals surface area (Å²) in [5.41, 5.74) is -0.267. The highest BCUT2D eigenvalue weighted by molar-refractivity contribution is 5.95. The summed E-state index contributed by atoms with van der Waals surface area (Å²) in [7, 11) is 0. The highest BCUT2D eigenvalue weighted by Crippen LogP contribution is 2.19. The largest absolute Gasteiger partial charge is 0.507 e. The van der Waals surface area contributed by atoms with E-state index in [0.29, 0.717) is 0 Å². The van der Waals surface area contributed by atoms with Gasteiger partial charge in [-0.1, -0.05) is 0 Å². The lowest BCUT2D eigenvalue weighted by Gasteiger charge is -2.05. The Hall–Kier alpha value is -2.37. The van der Waals surface area contributed by atoms with Gasteiger partial charge in [0.05, 0.1) is 12.2 Å². The van der Waals surface area contributed by atoms with Crippen LogP contribution in [0.25, 0.3) is 0 Å². The van der Waals surface area contributed by atoms with Crippen molar-refractivity contribution in [2.24, 2.45) is 0 Å². The lowest BCUT2D eigenvalue weighted by Crippen LogP contribution is -2.09. The van der Waals surface area contributed by atoms with E-state index in [-0.39, 0.29) is 29.9 Å². The Bertz CT molecular complexity index is 491. The van der Waals surface area contributed by atoms with Crippen molar-refractivity contribution in [3.8, 4) is 5.75 Å². The van der Waals surface area contributed by atoms with Gasteiger partial charge in [0.2, 0.25) is 0 Å². The molecule has 1 aromatic carbocycles. The molecule has 0 bridgehead atoms. The monoisotopic (exact) mass is 252 g/mol. The number of hydrogen-bond donors (Lipinski definition) is 2. The van der Waals surface area contributed by atoms with Crippen LogP contribution >= 0.6 is 0 Å². The van der Waals surface area contributed by atoms with Gasteiger partial charge in [-0.3, -0.25) is 4.79 Å². The van der Waals surface area contributed by atoms with E-state index in [1.807, 2.05) is 0 Å². The van der Waals surface area contributed by atoms with Gasteiger partial charge in [-0.25, -0.2) is 9.59 Å². The maximum atomic E-state index is 11.5. The van der Waals surface area contributed by atoms with Crippen molar-refractivity contribution in [2.75, 3.05) is 6.61 Å². The van der Waals surface area contributed by atoms with E-state index in [1.165, 1.54) is 13.0 Å². The third kappa shape index (κ3) is 3.58. The molecular weight excluding hydrogens is 240 g/mol. The summed E-state index contributed by atoms with van der Waals surface area (Å²) in [6.45, 7) is 1.33. The van der Waals surface area contributed by atoms with Crippen LogP contribution in [-0.4, -0.2) is 34.5 Å². The predicted molar refractivity (Wildman–Crippen MR) is 60.6 cm³/mol. The molecule has 2 N–H and O–H groups in total. The lowest BCUT2D eigenvalue weighted by atomic mass is 10.1. The Balaban J connectivity index is 2.72. The molecule has 0 saturated heterocycles. The Morgan fingerprint density at radius 2 is 1.94 bits per heavy atom. The number of carboxylic acids is 1. The van der Waals surface area contributed by atoms with Crippen molar-refractivity contribution >= 4 is 17.7 Å². The minimum absolute atomic E-state index is 0.0288. The second-order valence-corrected chi connectivity index (χ2v) is 3.63. The van der Waals surface area contributed by atoms with Crippen molar-refractivity contribution in [2.45, 2.75) is 13.3 Å². The molecule has 1 rings (SSSR count). The fourth-order valence-electron chi connectivity index (χ4n) is 1.21. The van der Waals surface area contributed by atoms with Crippen LogP contribution in [0.15, 0.2) is 18.2 Å². The van der Waals surface area contributed by atoms with Crippen molar-refractivity contribution in [3.63, 3.8) is 0 Å². The first-order valence-corrected chi connectivity index (χ1v) is 5.14. The first kappa shape index (κ1) is 13.7. The predicted octanol–water partition coefficient (Wildman–Crippen LogP) is 1.23. The summed E-state index contributed by atoms with van der Waals surface area (Å²) in [6, 6.07) is 3.36. The van der Waals surface area contributed by atoms with Gasteiger partial charge in [0.25, 0.3) is 0 Å². The van der Waals surface area contributed by atoms with Crippen LogP contribution in [0.1, 0.15) is 34.1 Å². The molecule has 1 aromatic rings. The summed E-state index contributed by atoms with van der Waals surface area (Å²) < 4.78 is 4.78. The molecule has 0 fully saturated rings. The molecule has 0 spiro atoms. The summed E-state index contributed by atoms with van der Waals surface area (Å²) >= 11 is 0. The Labute approximate surface area is 103 Å². The normalized spacial score (nSPS) is 9.83. The number of carbonyl (C=O) groups is 3. The van der Waals surface area contributed by atoms with Gasteiger partial charge in [0.1, 0.15) is 17.1 Å². The number of carbonyl (C=O) groups excluding carboxylic acids is 2. The highest BCUT2D eigenvalue weighted by Gasteiger charge is 2.14. The average molecular weight is 252 g/mol. The second-order valence-electron chi connectivity index (χ2n) is 3.63. The van der Waals surface area contributed by atoms with E-state index in [2.05, 4.69) is 0 Å². The minimum Gasteiger partial charge on any atom is -0.507 e. The summed E-state index contributed by atoms with van der Waals surface area (Å²) in [6.07, 6.45) is 0.116. The van der Waals surface area contributed by atoms with Crippen LogP contribution in [0.5, 0.6) is 5.75 Å². The number of ketones is 1. The van der Waals surface area contributed by atoms with Gasteiger partial charge in [-0.05, 0) is 25.1 Å². The van der Waals surface area contributed by atoms with Crippen LogP contribution in [0.3, 0.4) is 0 Å². The summed E-state index contributed by atoms with van der Waals surface area (Å²) in [5.74, 6) is -2.62. The second kappa shape index (κ2) is 5.81. The quantitative estimate of drug-likeness (QED) is 0.764. The van der Waals surface area contributed by atoms with E-state index < -0.39 is 17.7 Å². The van der Waals surface area contributed by atoms with Crippen molar-refractivity contribution in [1.29, 1.82) is 0 Å². The lowest BCUT2D eigenvalue weighted by molar-refractivity contribution is -0.117. The number of ether oxygens (including phenoxy) is 1. The third-order valence-electron chi connectivity index (χ3n) is 2.15. The van der Waals surface area contributed by atoms with E-state index in [0.717, 1.165) is 12.1 Å². The Kier molecular flexibility index (Phi) is 4.42. The molecule has 96 valence electrons. The number of hydrogen-bond acceptors (Lipinski definition) is 5. The first-order valence-electron chi connectivity index (χ1n) is 5.14. The van der Waals surface area contributed by atoms with Crippen molar-refractivity contribution in [1.82, 2.24) is 0 Å². The molecule has 0 atom stereocenters. The molecule has 6 heteroatoms. The Morgan fingerprint density at radius 3 is 2.44 bits per heavy atom. The van der Waals surface area contributed by atoms with Gasteiger partial charge in [0, 0.05) is 6.42 Å². The molecule has 6 nitrogen and oxygen atoms in total. The molecule has 0 aliphatic carbocycles. The van der Waals surface area contributed by atoms with Crippen LogP contribution in [0.4, 0.5) is 0 Å². The van der Waals surface area contributed by atoms with E-state index >= 15 is 0 Å². The number of rotatable bonds is 5. The number of phenols is 1. The molecule has 0 aliphatic heterocycles. The third-order valence-corrected chi connectivity index (χ3v) is 2.15. The fourth-order valence-corrected chi connectivity index (χ4v) is 1.21. The molecule has 0 aromatic heterocycles. The Morgan fingerprint density at radius 1 is 1.28 bits per heavy atom. The first-order chi connectivity index (χ1) is 8.41. The zero-order valence-corrected chi connectivity index (χ0v) is 9.67. The van der Waals surface area contributed by atoms with E-state index in [4.69, 9.17) is 9.84 Å². The standard InChI is InChI=1S/C12H12O6/c1-7(13)4-5-18-12(17)8-2-3-9(11(15)16)10(14)6-8/h2-3,6,14H,4-5H2,1H3,(H,15,16). The van der Waals surface area contributed by atoms with Crippen LogP contribution in [0.2, 0.25) is 0 Å². The van der Waals surface area contributed by atoms with Crippen molar-refractivity contribution < 1.29 is 29.3 Å². The molecular formula is C12H12O6. The number of benzene rings is 1. The topological polar surface area (TPSA) is 101 Å². The van der Waals surface area contributed by atoms with Gasteiger partial charge >= 0.3 is 11.9 Å². The van der Waals surface area contributed by atoms with Crippen LogP contribution in [0, 0.1) is 0 Å². The maximum Gasteiger partial charge on any atom is 0.339 e. The van der Waals surface area contributed by atoms with E-state index in [9.17, 15) is 19.5 Å². The SMILES string of the molecule is CC(=O)CCOC(=O)c1ccc(C(=O)O)c(O)c1. The van der Waals surface area contributed by atoms with Gasteiger partial charge in [-0.15, -0.1) is 0 Å². The number of esters is 1. The molecule has 0 amide bonds. The number of carboxylic acid groups (broad SMARTS) is 1. The van der Waals surface area contributed by atoms with Crippen LogP contribution in [-0.2, 0) is 9.53 Å². The molecule has 0 radical (unpaired) electrons. The van der Waals surface area contributed by atoms with Gasteiger partial charge in [0.15, 0.2) is 0 Å². The summed E-state index contributed by atoms with van der Waals surface area (Å²) in [5, 5.41) is 18.1. The average Bonchev–Trinajstić information content (AvgIpc) is 2.27. The van der Waals surface area contributed by atoms with Gasteiger partial charge in [-0.2, -0.15) is 0 Å². The number of aromatic hydroxyl groups is 1. The molecule has 0 heterocycles. The van der Waals surface area contributed by atoms with Crippen molar-refractivity contribution in [3.05, 3.63) is 29.3 Å². The fraction of sp³-hybridized carbons (Fsp3) is 0.250. The molecule has 0 aliphatic rings. The number of Topliss-reactive ketones (excluding diaryl/α,β-unsaturated/α-hetero) is 1. The molecule has 18 heavy (non-hydrogen) atoms. The molecule has 0 saturated carbocycles.